The molecule has 4 nitrogen and oxygen atoms in total. The molecule has 1 aliphatic rings. The fourth-order valence-electron chi connectivity index (χ4n) is 4.60. The molecule has 5 rings (SSSR count). The summed E-state index contributed by atoms with van der Waals surface area (Å²) in [6.07, 6.45) is 9.59. The molecule has 0 unspecified atom stereocenters. The van der Waals surface area contributed by atoms with Crippen LogP contribution in [0, 0.1) is 5.92 Å². The highest BCUT2D eigenvalue weighted by Crippen LogP contribution is 2.28. The van der Waals surface area contributed by atoms with Crippen LogP contribution in [0.3, 0.4) is 0 Å². The van der Waals surface area contributed by atoms with Gasteiger partial charge in [-0.3, -0.25) is 14.3 Å². The van der Waals surface area contributed by atoms with E-state index in [-0.39, 0.29) is 5.56 Å². The van der Waals surface area contributed by atoms with Crippen LogP contribution in [0.4, 0.5) is 0 Å². The molecule has 4 heteroatoms. The summed E-state index contributed by atoms with van der Waals surface area (Å²) in [5.41, 5.74) is 3.93. The van der Waals surface area contributed by atoms with Gasteiger partial charge in [0.1, 0.15) is 12.4 Å². The Hall–Kier alpha value is -3.40. The summed E-state index contributed by atoms with van der Waals surface area (Å²) in [5, 5.41) is 1.04. The molecule has 0 N–H and O–H groups in total. The van der Waals surface area contributed by atoms with Crippen molar-refractivity contribution in [3.05, 3.63) is 101 Å². The van der Waals surface area contributed by atoms with E-state index < -0.39 is 0 Å². The fraction of sp³-hybridized carbons (Fsp3) is 0.286. The molecule has 1 aliphatic carbocycles. The zero-order valence-corrected chi connectivity index (χ0v) is 18.2. The van der Waals surface area contributed by atoms with Crippen molar-refractivity contribution < 1.29 is 4.74 Å². The Morgan fingerprint density at radius 1 is 0.938 bits per heavy atom. The molecule has 0 bridgehead atoms. The molecule has 0 aliphatic heterocycles. The van der Waals surface area contributed by atoms with Crippen molar-refractivity contribution in [1.82, 2.24) is 9.55 Å². The Balaban J connectivity index is 1.30. The Bertz CT molecular complexity index is 1260. The number of nitrogens with zero attached hydrogens (tertiary/aromatic N) is 2. The zero-order valence-electron chi connectivity index (χ0n) is 18.2. The summed E-state index contributed by atoms with van der Waals surface area (Å²) in [7, 11) is 0. The summed E-state index contributed by atoms with van der Waals surface area (Å²) in [6, 6.07) is 23.6. The fourth-order valence-corrected chi connectivity index (χ4v) is 4.60. The average Bonchev–Trinajstić information content (AvgIpc) is 3.36. The molecule has 2 aromatic carbocycles. The van der Waals surface area contributed by atoms with E-state index in [1.807, 2.05) is 54.6 Å². The summed E-state index contributed by atoms with van der Waals surface area (Å²) in [5.74, 6) is 1.45. The largest absolute Gasteiger partial charge is 0.489 e. The van der Waals surface area contributed by atoms with E-state index in [1.54, 1.807) is 10.8 Å². The van der Waals surface area contributed by atoms with Gasteiger partial charge in [0.25, 0.3) is 5.56 Å². The maximum absolute atomic E-state index is 12.7. The Labute approximate surface area is 188 Å². The minimum Gasteiger partial charge on any atom is -0.489 e. The van der Waals surface area contributed by atoms with E-state index in [9.17, 15) is 4.79 Å². The third-order valence-corrected chi connectivity index (χ3v) is 6.43. The van der Waals surface area contributed by atoms with Crippen molar-refractivity contribution in [3.63, 3.8) is 0 Å². The van der Waals surface area contributed by atoms with Crippen molar-refractivity contribution in [2.24, 2.45) is 5.92 Å². The number of aryl methyl sites for hydroxylation is 1. The molecule has 1 saturated carbocycles. The number of fused-ring (bicyclic) bond motifs is 1. The summed E-state index contributed by atoms with van der Waals surface area (Å²) >= 11 is 0. The molecule has 0 radical (unpaired) electrons. The monoisotopic (exact) mass is 424 g/mol. The lowest BCUT2D eigenvalue weighted by molar-refractivity contribution is 0.305. The molecule has 1 fully saturated rings. The van der Waals surface area contributed by atoms with Crippen molar-refractivity contribution in [1.29, 1.82) is 0 Å². The number of hydrogen-bond acceptors (Lipinski definition) is 3. The molecular formula is C28H28N2O2. The predicted octanol–water partition coefficient (Wildman–Crippen LogP) is 6.09. The topological polar surface area (TPSA) is 44.1 Å². The second-order valence-corrected chi connectivity index (χ2v) is 8.71. The number of benzene rings is 2. The van der Waals surface area contributed by atoms with Crippen LogP contribution < -0.4 is 10.3 Å². The zero-order chi connectivity index (χ0) is 21.8. The maximum atomic E-state index is 12.7. The quantitative estimate of drug-likeness (QED) is 0.361. The molecular weight excluding hydrogens is 396 g/mol. The van der Waals surface area contributed by atoms with Gasteiger partial charge in [0.05, 0.1) is 5.52 Å². The number of pyridine rings is 2. The molecule has 4 aromatic rings. The van der Waals surface area contributed by atoms with Gasteiger partial charge in [0, 0.05) is 29.0 Å². The minimum atomic E-state index is -0.115. The minimum absolute atomic E-state index is 0.115. The predicted molar refractivity (Wildman–Crippen MR) is 128 cm³/mol. The molecule has 32 heavy (non-hydrogen) atoms. The maximum Gasteiger partial charge on any atom is 0.258 e. The second kappa shape index (κ2) is 9.39. The summed E-state index contributed by atoms with van der Waals surface area (Å²) in [6.45, 7) is 0.440. The van der Waals surface area contributed by atoms with Crippen LogP contribution in [0.15, 0.2) is 83.8 Å². The standard InChI is InChI=1S/C28H28N2O2/c31-28-19-26(32-20-22-8-2-1-3-9-22)16-17-30(28)25-14-15-27-23(18-25)11-13-24(29-27)12-10-21-6-4-5-7-21/h1-3,8-9,11,13-19,21H,4-7,10,12,20H2. The first kappa shape index (κ1) is 20.5. The second-order valence-electron chi connectivity index (χ2n) is 8.71. The Kier molecular flexibility index (Phi) is 6.02. The summed E-state index contributed by atoms with van der Waals surface area (Å²) in [4.78, 5) is 17.6. The SMILES string of the molecule is O=c1cc(OCc2ccccc2)ccn1-c1ccc2nc(CCC3CCCC3)ccc2c1. The van der Waals surface area contributed by atoms with Crippen LogP contribution in [0.1, 0.15) is 43.4 Å². The first-order valence-corrected chi connectivity index (χ1v) is 11.5. The van der Waals surface area contributed by atoms with E-state index in [0.29, 0.717) is 12.4 Å². The number of aromatic nitrogens is 2. The van der Waals surface area contributed by atoms with Crippen molar-refractivity contribution in [3.8, 4) is 11.4 Å². The van der Waals surface area contributed by atoms with Crippen LogP contribution in [0.5, 0.6) is 5.75 Å². The lowest BCUT2D eigenvalue weighted by atomic mass is 10.00. The lowest BCUT2D eigenvalue weighted by Gasteiger charge is -2.11. The molecule has 2 aromatic heterocycles. The van der Waals surface area contributed by atoms with Crippen molar-refractivity contribution in [2.75, 3.05) is 0 Å². The van der Waals surface area contributed by atoms with E-state index in [0.717, 1.165) is 40.2 Å². The molecule has 0 atom stereocenters. The van der Waals surface area contributed by atoms with Gasteiger partial charge in [-0.2, -0.15) is 0 Å². The Morgan fingerprint density at radius 2 is 1.78 bits per heavy atom. The molecule has 0 amide bonds. The van der Waals surface area contributed by atoms with Crippen molar-refractivity contribution in [2.45, 2.75) is 45.1 Å². The van der Waals surface area contributed by atoms with Gasteiger partial charge in [0.15, 0.2) is 0 Å². The van der Waals surface area contributed by atoms with Gasteiger partial charge in [-0.25, -0.2) is 0 Å². The van der Waals surface area contributed by atoms with Gasteiger partial charge in [0.2, 0.25) is 0 Å². The van der Waals surface area contributed by atoms with Crippen molar-refractivity contribution >= 4 is 10.9 Å². The van der Waals surface area contributed by atoms with E-state index >= 15 is 0 Å². The molecule has 162 valence electrons. The number of hydrogen-bond donors (Lipinski definition) is 0. The first-order valence-electron chi connectivity index (χ1n) is 11.5. The van der Waals surface area contributed by atoms with Crippen LogP contribution >= 0.6 is 0 Å². The highest BCUT2D eigenvalue weighted by Gasteiger charge is 2.15. The van der Waals surface area contributed by atoms with E-state index in [4.69, 9.17) is 9.72 Å². The van der Waals surface area contributed by atoms with E-state index in [2.05, 4.69) is 12.1 Å². The smallest absolute Gasteiger partial charge is 0.258 e. The Morgan fingerprint density at radius 3 is 2.59 bits per heavy atom. The first-order chi connectivity index (χ1) is 15.7. The normalized spacial score (nSPS) is 14.1. The van der Waals surface area contributed by atoms with Gasteiger partial charge in [-0.05, 0) is 54.7 Å². The molecule has 0 saturated heterocycles. The van der Waals surface area contributed by atoms with Crippen LogP contribution in [-0.4, -0.2) is 9.55 Å². The highest BCUT2D eigenvalue weighted by atomic mass is 16.5. The average molecular weight is 425 g/mol. The summed E-state index contributed by atoms with van der Waals surface area (Å²) < 4.78 is 7.43. The van der Waals surface area contributed by atoms with E-state index in [1.165, 1.54) is 38.2 Å². The van der Waals surface area contributed by atoms with Crippen LogP contribution in [0.2, 0.25) is 0 Å². The number of ether oxygens (including phenoxy) is 1. The molecule has 0 spiro atoms. The van der Waals surface area contributed by atoms with Gasteiger partial charge in [-0.15, -0.1) is 0 Å². The highest BCUT2D eigenvalue weighted by molar-refractivity contribution is 5.81. The third kappa shape index (κ3) is 4.75. The lowest BCUT2D eigenvalue weighted by Crippen LogP contribution is -2.16. The van der Waals surface area contributed by atoms with Gasteiger partial charge >= 0.3 is 0 Å². The van der Waals surface area contributed by atoms with Gasteiger partial charge in [-0.1, -0.05) is 62.1 Å². The van der Waals surface area contributed by atoms with Crippen LogP contribution in [0.25, 0.3) is 16.6 Å². The number of rotatable bonds is 7. The van der Waals surface area contributed by atoms with Gasteiger partial charge < -0.3 is 4.74 Å². The molecule has 2 heterocycles. The third-order valence-electron chi connectivity index (χ3n) is 6.43. The van der Waals surface area contributed by atoms with Crippen LogP contribution in [-0.2, 0) is 13.0 Å².